The molecular formula is C13H16BrFN6. The van der Waals surface area contributed by atoms with Gasteiger partial charge in [-0.25, -0.2) is 4.39 Å². The Hall–Kier alpha value is -1.96. The third-order valence-electron chi connectivity index (χ3n) is 2.86. The molecule has 0 saturated carbocycles. The van der Waals surface area contributed by atoms with Gasteiger partial charge in [-0.1, -0.05) is 0 Å². The Morgan fingerprint density at radius 2 is 1.95 bits per heavy atom. The lowest BCUT2D eigenvalue weighted by Crippen LogP contribution is -2.25. The number of benzene rings is 1. The van der Waals surface area contributed by atoms with Crippen LogP contribution < -0.4 is 16.0 Å². The van der Waals surface area contributed by atoms with Crippen LogP contribution >= 0.6 is 15.9 Å². The molecule has 0 saturated heterocycles. The molecule has 0 atom stereocenters. The first-order valence-corrected chi connectivity index (χ1v) is 7.31. The van der Waals surface area contributed by atoms with Gasteiger partial charge in [0.1, 0.15) is 5.82 Å². The number of aromatic nitrogens is 3. The van der Waals surface area contributed by atoms with Crippen molar-refractivity contribution in [1.29, 1.82) is 0 Å². The van der Waals surface area contributed by atoms with E-state index in [0.29, 0.717) is 22.1 Å². The zero-order chi connectivity index (χ0) is 15.4. The highest BCUT2D eigenvalue weighted by Gasteiger charge is 2.11. The van der Waals surface area contributed by atoms with Crippen LogP contribution in [0.25, 0.3) is 0 Å². The first-order valence-electron chi connectivity index (χ1n) is 6.52. The van der Waals surface area contributed by atoms with Crippen molar-refractivity contribution < 1.29 is 4.39 Å². The monoisotopic (exact) mass is 354 g/mol. The Morgan fingerprint density at radius 1 is 1.24 bits per heavy atom. The molecule has 0 aliphatic carbocycles. The normalized spacial score (nSPS) is 10.5. The Labute approximate surface area is 130 Å². The first kappa shape index (κ1) is 15.4. The fourth-order valence-corrected chi connectivity index (χ4v) is 2.25. The number of nitrogens with zero attached hydrogens (tertiary/aromatic N) is 4. The summed E-state index contributed by atoms with van der Waals surface area (Å²) in [7, 11) is 0. The number of nitrogen functional groups attached to an aromatic ring is 1. The van der Waals surface area contributed by atoms with E-state index >= 15 is 0 Å². The highest BCUT2D eigenvalue weighted by Crippen LogP contribution is 2.26. The van der Waals surface area contributed by atoms with Crippen molar-refractivity contribution >= 4 is 39.5 Å². The first-order chi connectivity index (χ1) is 10.0. The smallest absolute Gasteiger partial charge is 0.233 e. The summed E-state index contributed by atoms with van der Waals surface area (Å²) in [6.45, 7) is 5.54. The highest BCUT2D eigenvalue weighted by molar-refractivity contribution is 9.10. The highest BCUT2D eigenvalue weighted by atomic mass is 79.9. The molecule has 21 heavy (non-hydrogen) atoms. The van der Waals surface area contributed by atoms with Crippen LogP contribution in [0.15, 0.2) is 22.7 Å². The SMILES string of the molecule is CCN(CC)c1nc(N)nc(Nc2ccc(F)cc2Br)n1. The van der Waals surface area contributed by atoms with Crippen LogP contribution in [0.4, 0.5) is 27.9 Å². The maximum atomic E-state index is 13.1. The summed E-state index contributed by atoms with van der Waals surface area (Å²) >= 11 is 3.28. The lowest BCUT2D eigenvalue weighted by molar-refractivity contribution is 0.627. The molecule has 0 spiro atoms. The number of rotatable bonds is 5. The molecule has 0 aliphatic rings. The third-order valence-corrected chi connectivity index (χ3v) is 3.52. The van der Waals surface area contributed by atoms with Gasteiger partial charge in [-0.05, 0) is 48.0 Å². The maximum Gasteiger partial charge on any atom is 0.233 e. The summed E-state index contributed by atoms with van der Waals surface area (Å²) < 4.78 is 13.7. The second-order valence-corrected chi connectivity index (χ2v) is 5.09. The van der Waals surface area contributed by atoms with Crippen molar-refractivity contribution in [1.82, 2.24) is 15.0 Å². The fraction of sp³-hybridized carbons (Fsp3) is 0.308. The fourth-order valence-electron chi connectivity index (χ4n) is 1.80. The van der Waals surface area contributed by atoms with Crippen molar-refractivity contribution in [3.05, 3.63) is 28.5 Å². The van der Waals surface area contributed by atoms with Crippen LogP contribution in [-0.4, -0.2) is 28.0 Å². The largest absolute Gasteiger partial charge is 0.368 e. The Morgan fingerprint density at radius 3 is 2.57 bits per heavy atom. The quantitative estimate of drug-likeness (QED) is 0.859. The average Bonchev–Trinajstić information content (AvgIpc) is 2.43. The lowest BCUT2D eigenvalue weighted by atomic mass is 10.3. The average molecular weight is 355 g/mol. The third kappa shape index (κ3) is 3.78. The summed E-state index contributed by atoms with van der Waals surface area (Å²) in [6, 6.07) is 4.30. The zero-order valence-corrected chi connectivity index (χ0v) is 13.4. The minimum absolute atomic E-state index is 0.132. The van der Waals surface area contributed by atoms with Crippen molar-refractivity contribution in [2.24, 2.45) is 0 Å². The second-order valence-electron chi connectivity index (χ2n) is 4.24. The molecule has 0 amide bonds. The van der Waals surface area contributed by atoms with Gasteiger partial charge in [0.15, 0.2) is 0 Å². The molecule has 0 bridgehead atoms. The predicted octanol–water partition coefficient (Wildman–Crippen LogP) is 2.95. The van der Waals surface area contributed by atoms with E-state index in [2.05, 4.69) is 36.2 Å². The molecule has 112 valence electrons. The van der Waals surface area contributed by atoms with E-state index in [1.807, 2.05) is 18.7 Å². The molecule has 0 aliphatic heterocycles. The molecule has 1 heterocycles. The van der Waals surface area contributed by atoms with Crippen LogP contribution in [0.2, 0.25) is 0 Å². The van der Waals surface area contributed by atoms with E-state index in [1.165, 1.54) is 12.1 Å². The van der Waals surface area contributed by atoms with E-state index in [1.54, 1.807) is 6.07 Å². The van der Waals surface area contributed by atoms with Gasteiger partial charge < -0.3 is 16.0 Å². The summed E-state index contributed by atoms with van der Waals surface area (Å²) in [5.74, 6) is 0.629. The predicted molar refractivity (Wildman–Crippen MR) is 85.2 cm³/mol. The van der Waals surface area contributed by atoms with E-state index < -0.39 is 0 Å². The van der Waals surface area contributed by atoms with Crippen molar-refractivity contribution in [3.8, 4) is 0 Å². The van der Waals surface area contributed by atoms with Gasteiger partial charge in [0.05, 0.1) is 5.69 Å². The molecule has 6 nitrogen and oxygen atoms in total. The van der Waals surface area contributed by atoms with Gasteiger partial charge in [0.25, 0.3) is 0 Å². The van der Waals surface area contributed by atoms with Crippen molar-refractivity contribution in [2.75, 3.05) is 29.0 Å². The van der Waals surface area contributed by atoms with Crippen molar-refractivity contribution in [3.63, 3.8) is 0 Å². The number of nitrogens with one attached hydrogen (secondary N) is 1. The number of anilines is 4. The van der Waals surface area contributed by atoms with Crippen LogP contribution in [0, 0.1) is 5.82 Å². The molecule has 1 aromatic heterocycles. The Balaban J connectivity index is 2.31. The second kappa shape index (κ2) is 6.66. The minimum atomic E-state index is -0.327. The summed E-state index contributed by atoms with van der Waals surface area (Å²) in [6.07, 6.45) is 0. The standard InChI is InChI=1S/C13H16BrFN6/c1-3-21(4-2)13-19-11(16)18-12(20-13)17-10-6-5-8(15)7-9(10)14/h5-7H,3-4H2,1-2H3,(H3,16,17,18,19,20). The van der Waals surface area contributed by atoms with Gasteiger partial charge in [-0.3, -0.25) is 0 Å². The molecular weight excluding hydrogens is 339 g/mol. The summed E-state index contributed by atoms with van der Waals surface area (Å²) in [5.41, 5.74) is 6.37. The molecule has 0 radical (unpaired) electrons. The molecule has 3 N–H and O–H groups in total. The molecule has 0 fully saturated rings. The van der Waals surface area contributed by atoms with E-state index in [-0.39, 0.29) is 11.8 Å². The molecule has 1 aromatic carbocycles. The van der Waals surface area contributed by atoms with Gasteiger partial charge in [0.2, 0.25) is 17.8 Å². The van der Waals surface area contributed by atoms with Crippen LogP contribution in [0.5, 0.6) is 0 Å². The minimum Gasteiger partial charge on any atom is -0.368 e. The van der Waals surface area contributed by atoms with Crippen LogP contribution in [-0.2, 0) is 0 Å². The zero-order valence-electron chi connectivity index (χ0n) is 11.8. The van der Waals surface area contributed by atoms with Crippen LogP contribution in [0.1, 0.15) is 13.8 Å². The lowest BCUT2D eigenvalue weighted by Gasteiger charge is -2.19. The number of hydrogen-bond donors (Lipinski definition) is 2. The van der Waals surface area contributed by atoms with Gasteiger partial charge in [-0.2, -0.15) is 15.0 Å². The van der Waals surface area contributed by atoms with Gasteiger partial charge >= 0.3 is 0 Å². The summed E-state index contributed by atoms with van der Waals surface area (Å²) in [4.78, 5) is 14.5. The molecule has 2 rings (SSSR count). The summed E-state index contributed by atoms with van der Waals surface area (Å²) in [5, 5.41) is 3.00. The van der Waals surface area contributed by atoms with E-state index in [0.717, 1.165) is 13.1 Å². The Kier molecular flexibility index (Phi) is 4.89. The van der Waals surface area contributed by atoms with Crippen LogP contribution in [0.3, 0.4) is 0 Å². The number of halogens is 2. The van der Waals surface area contributed by atoms with Crippen molar-refractivity contribution in [2.45, 2.75) is 13.8 Å². The van der Waals surface area contributed by atoms with E-state index in [9.17, 15) is 4.39 Å². The van der Waals surface area contributed by atoms with Gasteiger partial charge in [-0.15, -0.1) is 0 Å². The molecule has 8 heteroatoms. The molecule has 0 unspecified atom stereocenters. The van der Waals surface area contributed by atoms with Gasteiger partial charge in [0, 0.05) is 17.6 Å². The number of hydrogen-bond acceptors (Lipinski definition) is 6. The molecule has 2 aromatic rings. The maximum absolute atomic E-state index is 13.1. The Bertz CT molecular complexity index is 632. The number of nitrogens with two attached hydrogens (primary N) is 1. The van der Waals surface area contributed by atoms with E-state index in [4.69, 9.17) is 5.73 Å². The topological polar surface area (TPSA) is 80.0 Å².